The molecule has 0 aromatic rings. The zero-order valence-electron chi connectivity index (χ0n) is 9.85. The molecule has 0 unspecified atom stereocenters. The van der Waals surface area contributed by atoms with Gasteiger partial charge in [-0.1, -0.05) is 4.33 Å². The zero-order chi connectivity index (χ0) is 18.7. The minimum atomic E-state index is -4.92. The van der Waals surface area contributed by atoms with Crippen molar-refractivity contribution >= 4 is 41.6 Å². The van der Waals surface area contributed by atoms with E-state index in [1.807, 2.05) is 0 Å². The molecular formula is H7KO17S4. The monoisotopic (exact) mass is 446 g/mol. The van der Waals surface area contributed by atoms with Gasteiger partial charge >= 0.3 is 82.6 Å². The summed E-state index contributed by atoms with van der Waals surface area (Å²) in [7, 11) is -18.9. The maximum Gasteiger partial charge on any atom is 1.00 e. The second-order valence-electron chi connectivity index (χ2n) is 1.83. The molecular weight excluding hydrogens is 439 g/mol. The van der Waals surface area contributed by atoms with Crippen molar-refractivity contribution in [2.45, 2.75) is 0 Å². The van der Waals surface area contributed by atoms with Crippen molar-refractivity contribution in [2.75, 3.05) is 0 Å². The summed E-state index contributed by atoms with van der Waals surface area (Å²) in [6.07, 6.45) is 0. The van der Waals surface area contributed by atoms with Crippen LogP contribution in [0.3, 0.4) is 0 Å². The third-order valence-corrected chi connectivity index (χ3v) is 0.283. The van der Waals surface area contributed by atoms with Gasteiger partial charge in [0.05, 0.1) is 0 Å². The van der Waals surface area contributed by atoms with Crippen LogP contribution in [-0.2, 0) is 45.9 Å². The van der Waals surface area contributed by atoms with Gasteiger partial charge in [-0.3, -0.25) is 27.3 Å². The Balaban J connectivity index is -0.0000000577. The van der Waals surface area contributed by atoms with E-state index < -0.39 is 41.6 Å². The summed E-state index contributed by atoms with van der Waals surface area (Å²) in [5.41, 5.74) is 0. The number of hydrogen-bond acceptors (Lipinski definition) is 11. The minimum Gasteiger partial charge on any atom is -0.726 e. The summed E-state index contributed by atoms with van der Waals surface area (Å²) in [4.78, 5) is 0. The predicted octanol–water partition coefficient (Wildman–Crippen LogP) is -6.02. The molecule has 134 valence electrons. The van der Waals surface area contributed by atoms with Gasteiger partial charge in [0, 0.05) is 0 Å². The van der Waals surface area contributed by atoms with Gasteiger partial charge < -0.3 is 4.55 Å². The molecule has 0 fully saturated rings. The third-order valence-electron chi connectivity index (χ3n) is 0.0942. The summed E-state index contributed by atoms with van der Waals surface area (Å²) in [5, 5.41) is 7.06. The molecule has 0 bridgehead atoms. The van der Waals surface area contributed by atoms with E-state index in [9.17, 15) is 0 Å². The van der Waals surface area contributed by atoms with Crippen molar-refractivity contribution in [3.05, 3.63) is 0 Å². The van der Waals surface area contributed by atoms with Gasteiger partial charge in [-0.15, -0.1) is 0 Å². The van der Waals surface area contributed by atoms with Crippen LogP contribution in [0.1, 0.15) is 0 Å². The van der Waals surface area contributed by atoms with Gasteiger partial charge in [0.25, 0.3) is 0 Å². The first kappa shape index (κ1) is 34.4. The Labute approximate surface area is 166 Å². The fourth-order valence-corrected chi connectivity index (χ4v) is 0. The zero-order valence-corrected chi connectivity index (χ0v) is 16.2. The van der Waals surface area contributed by atoms with Gasteiger partial charge in [-0.05, 0) is 0 Å². The summed E-state index contributed by atoms with van der Waals surface area (Å²) >= 11 is 0. The second kappa shape index (κ2) is 14.4. The van der Waals surface area contributed by atoms with Crippen LogP contribution in [0.5, 0.6) is 0 Å². The molecule has 0 radical (unpaired) electrons. The summed E-state index contributed by atoms with van der Waals surface area (Å²) in [5.74, 6) is 0. The molecule has 0 heterocycles. The van der Waals surface area contributed by atoms with Crippen LogP contribution in [0.2, 0.25) is 0 Å². The average molecular weight is 446 g/mol. The molecule has 0 amide bonds. The molecule has 0 aliphatic carbocycles. The van der Waals surface area contributed by atoms with Crippen LogP contribution in [0.15, 0.2) is 0 Å². The molecule has 22 heavy (non-hydrogen) atoms. The van der Waals surface area contributed by atoms with Crippen LogP contribution >= 0.6 is 0 Å². The Kier molecular flexibility index (Phi) is 22.6. The van der Waals surface area contributed by atoms with Gasteiger partial charge in [0.1, 0.15) is 0 Å². The van der Waals surface area contributed by atoms with E-state index in [4.69, 9.17) is 70.8 Å². The van der Waals surface area contributed by atoms with E-state index in [-0.39, 0.29) is 51.4 Å². The maximum atomic E-state index is 9.08. The molecule has 0 aliphatic rings. The van der Waals surface area contributed by atoms with Crippen LogP contribution in [-0.4, -0.2) is 70.8 Å². The first-order valence-electron chi connectivity index (χ1n) is 2.94. The molecule has 17 nitrogen and oxygen atoms in total. The van der Waals surface area contributed by atoms with Crippen LogP contribution in [0, 0.1) is 0 Å². The first-order valence-corrected chi connectivity index (χ1v) is 8.47. The maximum absolute atomic E-state index is 9.08. The quantitative estimate of drug-likeness (QED) is 0.0647. The van der Waals surface area contributed by atoms with E-state index in [1.165, 1.54) is 0 Å². The first-order chi connectivity index (χ1) is 8.56. The van der Waals surface area contributed by atoms with E-state index >= 15 is 0 Å². The molecule has 0 rings (SSSR count). The normalized spacial score (nSPS) is 11.1. The molecule has 0 saturated heterocycles. The van der Waals surface area contributed by atoms with E-state index in [2.05, 4.69) is 4.33 Å². The van der Waals surface area contributed by atoms with Crippen molar-refractivity contribution in [3.63, 3.8) is 0 Å². The fourth-order valence-electron chi connectivity index (χ4n) is 0. The van der Waals surface area contributed by atoms with Crippen molar-refractivity contribution in [1.29, 1.82) is 0 Å². The predicted molar refractivity (Wildman–Crippen MR) is 55.9 cm³/mol. The summed E-state index contributed by atoms with van der Waals surface area (Å²) < 4.78 is 124. The molecule has 0 aromatic heterocycles. The standard InChI is InChI=1S/K.H2O5S.3H2O4S/c;1-5-6(2,3)4;3*1-5(2,3)4/h;1H,(H,2,3,4);3*(H2,1,2,3,4)/q+1;;;;/p-1. The van der Waals surface area contributed by atoms with Crippen LogP contribution in [0.25, 0.3) is 0 Å². The van der Waals surface area contributed by atoms with Crippen LogP contribution < -0.4 is 51.4 Å². The van der Waals surface area contributed by atoms with Gasteiger partial charge in [0.2, 0.25) is 10.4 Å². The second-order valence-corrected chi connectivity index (χ2v) is 5.48. The Morgan fingerprint density at radius 2 is 0.682 bits per heavy atom. The van der Waals surface area contributed by atoms with Crippen molar-refractivity contribution in [3.8, 4) is 0 Å². The SMILES string of the molecule is O=S(=O)(O)O.O=S(=O)(O)O.O=S(=O)(O)OO.O=S(=O)([O-])O.[K+]. The van der Waals surface area contributed by atoms with Gasteiger partial charge in [-0.2, -0.15) is 25.3 Å². The smallest absolute Gasteiger partial charge is 0.726 e. The van der Waals surface area contributed by atoms with Crippen molar-refractivity contribution in [1.82, 2.24) is 0 Å². The molecule has 22 heteroatoms. The topological polar surface area (TPSA) is 310 Å². The number of rotatable bonds is 1. The summed E-state index contributed by atoms with van der Waals surface area (Å²) in [6, 6.07) is 0. The van der Waals surface area contributed by atoms with Gasteiger partial charge in [-0.25, -0.2) is 13.7 Å². The largest absolute Gasteiger partial charge is 1.00 e. The molecule has 0 spiro atoms. The van der Waals surface area contributed by atoms with E-state index in [0.29, 0.717) is 0 Å². The third kappa shape index (κ3) is 511. The summed E-state index contributed by atoms with van der Waals surface area (Å²) in [6.45, 7) is 0. The average Bonchev–Trinajstić information content (AvgIpc) is 1.91. The fraction of sp³-hybridized carbons (Fsp3) is 0. The molecule has 0 atom stereocenters. The Morgan fingerprint density at radius 3 is 0.682 bits per heavy atom. The molecule has 0 aliphatic heterocycles. The molecule has 0 aromatic carbocycles. The van der Waals surface area contributed by atoms with Gasteiger partial charge in [0.15, 0.2) is 0 Å². The van der Waals surface area contributed by atoms with Crippen molar-refractivity contribution in [2.24, 2.45) is 0 Å². The van der Waals surface area contributed by atoms with Crippen LogP contribution in [0.4, 0.5) is 0 Å². The number of hydrogen-bond donors (Lipinski definition) is 7. The Morgan fingerprint density at radius 1 is 0.636 bits per heavy atom. The van der Waals surface area contributed by atoms with Crippen molar-refractivity contribution < 1.29 is 127 Å². The molecule has 0 saturated carbocycles. The van der Waals surface area contributed by atoms with E-state index in [0.717, 1.165) is 0 Å². The Hall–Kier alpha value is 1.08. The Bertz CT molecular complexity index is 545. The minimum absolute atomic E-state index is 0. The van der Waals surface area contributed by atoms with E-state index in [1.54, 1.807) is 0 Å². The molecule has 7 N–H and O–H groups in total.